The van der Waals surface area contributed by atoms with Crippen LogP contribution in [0.25, 0.3) is 10.9 Å². The van der Waals surface area contributed by atoms with Crippen LogP contribution in [0.2, 0.25) is 0 Å². The van der Waals surface area contributed by atoms with Gasteiger partial charge in [-0.1, -0.05) is 23.8 Å². The standard InChI is InChI=1S/C18H14N2O/c1-11-2-5-16-14(6-11)8-17(20-16)18(21)12-3-4-13-9-19-10-15(13)7-12/h2-8,10,20H,9H2,1H3. The van der Waals surface area contributed by atoms with Crippen LogP contribution in [0, 0.1) is 6.92 Å². The highest BCUT2D eigenvalue weighted by molar-refractivity contribution is 6.11. The molecule has 3 aromatic rings. The molecule has 21 heavy (non-hydrogen) atoms. The second kappa shape index (κ2) is 4.42. The second-order valence-corrected chi connectivity index (χ2v) is 5.49. The molecule has 3 nitrogen and oxygen atoms in total. The van der Waals surface area contributed by atoms with E-state index >= 15 is 0 Å². The quantitative estimate of drug-likeness (QED) is 0.712. The number of benzene rings is 2. The van der Waals surface area contributed by atoms with Crippen molar-refractivity contribution in [2.45, 2.75) is 13.5 Å². The van der Waals surface area contributed by atoms with Gasteiger partial charge in [0.2, 0.25) is 5.78 Å². The molecule has 0 fully saturated rings. The molecule has 0 unspecified atom stereocenters. The maximum atomic E-state index is 12.6. The van der Waals surface area contributed by atoms with Crippen LogP contribution in [0.5, 0.6) is 0 Å². The minimum Gasteiger partial charge on any atom is -0.352 e. The Morgan fingerprint density at radius 1 is 1.14 bits per heavy atom. The van der Waals surface area contributed by atoms with Crippen molar-refractivity contribution in [2.75, 3.05) is 0 Å². The predicted molar refractivity (Wildman–Crippen MR) is 84.2 cm³/mol. The second-order valence-electron chi connectivity index (χ2n) is 5.49. The lowest BCUT2D eigenvalue weighted by Crippen LogP contribution is -2.02. The van der Waals surface area contributed by atoms with Crippen LogP contribution in [0.15, 0.2) is 47.5 Å². The third-order valence-electron chi connectivity index (χ3n) is 3.92. The zero-order chi connectivity index (χ0) is 14.4. The lowest BCUT2D eigenvalue weighted by Gasteiger charge is -2.01. The molecule has 2 heterocycles. The highest BCUT2D eigenvalue weighted by atomic mass is 16.1. The van der Waals surface area contributed by atoms with Gasteiger partial charge in [0.25, 0.3) is 0 Å². The summed E-state index contributed by atoms with van der Waals surface area (Å²) in [5.74, 6) is 0.0203. The van der Waals surface area contributed by atoms with Crippen molar-refractivity contribution in [2.24, 2.45) is 4.99 Å². The first-order valence-corrected chi connectivity index (χ1v) is 6.97. The summed E-state index contributed by atoms with van der Waals surface area (Å²) in [6.45, 7) is 2.77. The van der Waals surface area contributed by atoms with Gasteiger partial charge in [-0.25, -0.2) is 0 Å². The minimum absolute atomic E-state index is 0.0203. The van der Waals surface area contributed by atoms with Gasteiger partial charge < -0.3 is 4.98 Å². The Morgan fingerprint density at radius 2 is 2.05 bits per heavy atom. The maximum Gasteiger partial charge on any atom is 0.209 e. The van der Waals surface area contributed by atoms with E-state index in [1.165, 1.54) is 11.1 Å². The molecule has 0 radical (unpaired) electrons. The van der Waals surface area contributed by atoms with Gasteiger partial charge in [-0.05, 0) is 42.3 Å². The Morgan fingerprint density at radius 3 is 2.95 bits per heavy atom. The fraction of sp³-hybridized carbons (Fsp3) is 0.111. The van der Waals surface area contributed by atoms with Gasteiger partial charge in [0.1, 0.15) is 0 Å². The number of rotatable bonds is 2. The van der Waals surface area contributed by atoms with Crippen LogP contribution in [-0.2, 0) is 6.54 Å². The first kappa shape index (κ1) is 12.1. The zero-order valence-electron chi connectivity index (χ0n) is 11.7. The number of fused-ring (bicyclic) bond motifs is 2. The summed E-state index contributed by atoms with van der Waals surface area (Å²) in [6.07, 6.45) is 1.83. The molecule has 0 amide bonds. The van der Waals surface area contributed by atoms with Gasteiger partial charge in [-0.2, -0.15) is 0 Å². The van der Waals surface area contributed by atoms with E-state index in [1.54, 1.807) is 0 Å². The van der Waals surface area contributed by atoms with Crippen LogP contribution in [-0.4, -0.2) is 17.0 Å². The number of nitrogens with zero attached hydrogens (tertiary/aromatic N) is 1. The van der Waals surface area contributed by atoms with E-state index in [0.717, 1.165) is 23.0 Å². The van der Waals surface area contributed by atoms with Crippen LogP contribution >= 0.6 is 0 Å². The molecule has 0 atom stereocenters. The Balaban J connectivity index is 1.77. The molecule has 4 rings (SSSR count). The molecule has 0 saturated carbocycles. The fourth-order valence-corrected chi connectivity index (χ4v) is 2.77. The number of carbonyl (C=O) groups excluding carboxylic acids is 1. The molecule has 3 heteroatoms. The van der Waals surface area contributed by atoms with Crippen molar-refractivity contribution < 1.29 is 4.79 Å². The van der Waals surface area contributed by atoms with Gasteiger partial charge in [-0.15, -0.1) is 0 Å². The molecule has 0 saturated heterocycles. The molecule has 102 valence electrons. The third kappa shape index (κ3) is 1.98. The number of H-pyrrole nitrogens is 1. The Kier molecular flexibility index (Phi) is 2.54. The smallest absolute Gasteiger partial charge is 0.209 e. The van der Waals surface area contributed by atoms with Crippen LogP contribution in [0.4, 0.5) is 0 Å². The molecule has 0 aliphatic carbocycles. The van der Waals surface area contributed by atoms with Crippen molar-refractivity contribution in [1.29, 1.82) is 0 Å². The lowest BCUT2D eigenvalue weighted by molar-refractivity contribution is 0.103. The van der Waals surface area contributed by atoms with E-state index in [4.69, 9.17) is 0 Å². The Hall–Kier alpha value is -2.68. The number of aromatic nitrogens is 1. The van der Waals surface area contributed by atoms with E-state index in [0.29, 0.717) is 11.3 Å². The van der Waals surface area contributed by atoms with Crippen LogP contribution < -0.4 is 0 Å². The predicted octanol–water partition coefficient (Wildman–Crippen LogP) is 3.64. The average Bonchev–Trinajstić information content (AvgIpc) is 3.11. The lowest BCUT2D eigenvalue weighted by atomic mass is 10.0. The summed E-state index contributed by atoms with van der Waals surface area (Å²) < 4.78 is 0. The summed E-state index contributed by atoms with van der Waals surface area (Å²) in [7, 11) is 0. The topological polar surface area (TPSA) is 45.2 Å². The van der Waals surface area contributed by atoms with E-state index in [1.807, 2.05) is 49.5 Å². The number of ketones is 1. The molecular weight excluding hydrogens is 260 g/mol. The SMILES string of the molecule is Cc1ccc2[nH]c(C(=O)c3ccc4c(c3)C=NC4)cc2c1. The van der Waals surface area contributed by atoms with Gasteiger partial charge in [0, 0.05) is 22.7 Å². The molecular formula is C18H14N2O. The fourth-order valence-electron chi connectivity index (χ4n) is 2.77. The van der Waals surface area contributed by atoms with Crippen LogP contribution in [0.1, 0.15) is 32.7 Å². The minimum atomic E-state index is 0.0203. The average molecular weight is 274 g/mol. The van der Waals surface area contributed by atoms with Gasteiger partial charge >= 0.3 is 0 Å². The summed E-state index contributed by atoms with van der Waals surface area (Å²) in [6, 6.07) is 13.8. The van der Waals surface area contributed by atoms with Crippen molar-refractivity contribution in [3.63, 3.8) is 0 Å². The Labute approximate surface area is 122 Å². The van der Waals surface area contributed by atoms with Crippen LogP contribution in [0.3, 0.4) is 0 Å². The zero-order valence-corrected chi connectivity index (χ0v) is 11.7. The number of aromatic amines is 1. The van der Waals surface area contributed by atoms with Crippen molar-refractivity contribution >= 4 is 22.9 Å². The normalized spacial score (nSPS) is 12.8. The monoisotopic (exact) mass is 274 g/mol. The van der Waals surface area contributed by atoms with E-state index in [9.17, 15) is 4.79 Å². The van der Waals surface area contributed by atoms with Crippen molar-refractivity contribution in [1.82, 2.24) is 4.98 Å². The molecule has 1 N–H and O–H groups in total. The number of nitrogens with one attached hydrogen (secondary N) is 1. The molecule has 0 bridgehead atoms. The third-order valence-corrected chi connectivity index (χ3v) is 3.92. The van der Waals surface area contributed by atoms with Gasteiger partial charge in [0.15, 0.2) is 0 Å². The highest BCUT2D eigenvalue weighted by Gasteiger charge is 2.15. The number of aliphatic imine (C=N–C) groups is 1. The molecule has 1 aliphatic rings. The summed E-state index contributed by atoms with van der Waals surface area (Å²) in [5, 5.41) is 1.07. The molecule has 2 aromatic carbocycles. The summed E-state index contributed by atoms with van der Waals surface area (Å²) >= 11 is 0. The first-order valence-electron chi connectivity index (χ1n) is 6.97. The number of hydrogen-bond acceptors (Lipinski definition) is 2. The largest absolute Gasteiger partial charge is 0.352 e. The van der Waals surface area contributed by atoms with Crippen molar-refractivity contribution in [3.05, 3.63) is 70.4 Å². The molecule has 1 aromatic heterocycles. The number of aryl methyl sites for hydroxylation is 1. The Bertz CT molecular complexity index is 903. The summed E-state index contributed by atoms with van der Waals surface area (Å²) in [4.78, 5) is 20.1. The number of carbonyl (C=O) groups is 1. The summed E-state index contributed by atoms with van der Waals surface area (Å²) in [5.41, 5.74) is 5.74. The maximum absolute atomic E-state index is 12.6. The number of hydrogen-bond donors (Lipinski definition) is 1. The highest BCUT2D eigenvalue weighted by Crippen LogP contribution is 2.21. The first-order chi connectivity index (χ1) is 10.2. The van der Waals surface area contributed by atoms with E-state index in [-0.39, 0.29) is 5.78 Å². The molecule has 1 aliphatic heterocycles. The van der Waals surface area contributed by atoms with Gasteiger partial charge in [-0.3, -0.25) is 9.79 Å². The van der Waals surface area contributed by atoms with Gasteiger partial charge in [0.05, 0.1) is 12.2 Å². The van der Waals surface area contributed by atoms with E-state index in [2.05, 4.69) is 16.0 Å². The van der Waals surface area contributed by atoms with E-state index < -0.39 is 0 Å². The van der Waals surface area contributed by atoms with Crippen molar-refractivity contribution in [3.8, 4) is 0 Å². The molecule has 0 spiro atoms.